The first-order valence-electron chi connectivity index (χ1n) is 14.1. The van der Waals surface area contributed by atoms with Crippen LogP contribution < -0.4 is 5.73 Å². The highest BCUT2D eigenvalue weighted by atomic mass is 15.1. The molecule has 0 spiro atoms. The Bertz CT molecular complexity index is 2130. The Labute approximate surface area is 244 Å². The van der Waals surface area contributed by atoms with Crippen molar-refractivity contribution in [3.05, 3.63) is 133 Å². The van der Waals surface area contributed by atoms with Crippen molar-refractivity contribution in [1.82, 2.24) is 9.55 Å². The summed E-state index contributed by atoms with van der Waals surface area (Å²) in [5.74, 6) is 0.996. The Kier molecular flexibility index (Phi) is 6.26. The van der Waals surface area contributed by atoms with E-state index >= 15 is 0 Å². The number of imidazole rings is 1. The van der Waals surface area contributed by atoms with Gasteiger partial charge in [-0.25, -0.2) is 4.98 Å². The SMILES string of the molecule is CCn1c(-c2ccc(-c3ccc(-c4ccc(-c5cc(N)cc(C#N)c5)cc4)c4ccccc34)cc2)nc2ccccc21. The van der Waals surface area contributed by atoms with Crippen molar-refractivity contribution in [2.24, 2.45) is 0 Å². The molecule has 0 unspecified atom stereocenters. The Morgan fingerprint density at radius 2 is 1.21 bits per heavy atom. The van der Waals surface area contributed by atoms with Crippen molar-refractivity contribution in [1.29, 1.82) is 5.26 Å². The highest BCUT2D eigenvalue weighted by molar-refractivity contribution is 6.05. The molecule has 0 fully saturated rings. The van der Waals surface area contributed by atoms with E-state index in [2.05, 4.69) is 121 Å². The van der Waals surface area contributed by atoms with Gasteiger partial charge in [0, 0.05) is 17.8 Å². The maximum atomic E-state index is 9.34. The summed E-state index contributed by atoms with van der Waals surface area (Å²) in [7, 11) is 0. The molecular weight excluding hydrogens is 512 g/mol. The van der Waals surface area contributed by atoms with Crippen LogP contribution in [0, 0.1) is 11.3 Å². The van der Waals surface area contributed by atoms with Crippen LogP contribution >= 0.6 is 0 Å². The summed E-state index contributed by atoms with van der Waals surface area (Å²) >= 11 is 0. The molecule has 0 saturated heterocycles. The monoisotopic (exact) mass is 540 g/mol. The van der Waals surface area contributed by atoms with Crippen molar-refractivity contribution in [2.75, 3.05) is 5.73 Å². The molecule has 0 radical (unpaired) electrons. The molecule has 1 heterocycles. The minimum atomic E-state index is 0.563. The van der Waals surface area contributed by atoms with E-state index in [1.807, 2.05) is 18.2 Å². The molecule has 0 bridgehead atoms. The van der Waals surface area contributed by atoms with E-state index in [4.69, 9.17) is 10.7 Å². The predicted octanol–water partition coefficient (Wildman–Crippen LogP) is 9.33. The van der Waals surface area contributed by atoms with Gasteiger partial charge in [0.1, 0.15) is 5.82 Å². The molecule has 4 nitrogen and oxygen atoms in total. The van der Waals surface area contributed by atoms with Crippen LogP contribution in [0.15, 0.2) is 127 Å². The van der Waals surface area contributed by atoms with Crippen molar-refractivity contribution in [3.8, 4) is 50.8 Å². The number of hydrogen-bond donors (Lipinski definition) is 1. The van der Waals surface area contributed by atoms with Crippen LogP contribution in [0.5, 0.6) is 0 Å². The third kappa shape index (κ3) is 4.38. The second-order valence-corrected chi connectivity index (χ2v) is 10.5. The van der Waals surface area contributed by atoms with Gasteiger partial charge in [-0.15, -0.1) is 0 Å². The number of fused-ring (bicyclic) bond motifs is 2. The van der Waals surface area contributed by atoms with Gasteiger partial charge in [-0.1, -0.05) is 97.1 Å². The van der Waals surface area contributed by atoms with Crippen molar-refractivity contribution >= 4 is 27.5 Å². The normalized spacial score (nSPS) is 11.1. The second kappa shape index (κ2) is 10.4. The van der Waals surface area contributed by atoms with Crippen LogP contribution in [0.3, 0.4) is 0 Å². The molecule has 7 aromatic rings. The zero-order valence-corrected chi connectivity index (χ0v) is 23.3. The molecule has 2 N–H and O–H groups in total. The summed E-state index contributed by atoms with van der Waals surface area (Å²) in [6.45, 7) is 3.03. The first-order valence-corrected chi connectivity index (χ1v) is 14.1. The number of nitrogens with zero attached hydrogens (tertiary/aromatic N) is 3. The molecule has 0 amide bonds. The van der Waals surface area contributed by atoms with Crippen molar-refractivity contribution < 1.29 is 0 Å². The summed E-state index contributed by atoms with van der Waals surface area (Å²) in [6.07, 6.45) is 0. The van der Waals surface area contributed by atoms with Gasteiger partial charge in [0.25, 0.3) is 0 Å². The largest absolute Gasteiger partial charge is 0.399 e. The van der Waals surface area contributed by atoms with E-state index in [1.165, 1.54) is 27.5 Å². The summed E-state index contributed by atoms with van der Waals surface area (Å²) in [5.41, 5.74) is 17.1. The molecule has 0 saturated carbocycles. The number of aryl methyl sites for hydroxylation is 1. The molecule has 1 aromatic heterocycles. The molecular formula is C38H28N4. The van der Waals surface area contributed by atoms with E-state index < -0.39 is 0 Å². The quantitative estimate of drug-likeness (QED) is 0.221. The van der Waals surface area contributed by atoms with Crippen molar-refractivity contribution in [2.45, 2.75) is 13.5 Å². The minimum Gasteiger partial charge on any atom is -0.399 e. The lowest BCUT2D eigenvalue weighted by atomic mass is 9.91. The van der Waals surface area contributed by atoms with Gasteiger partial charge in [0.15, 0.2) is 0 Å². The number of hydrogen-bond acceptors (Lipinski definition) is 3. The molecule has 42 heavy (non-hydrogen) atoms. The molecule has 7 rings (SSSR count). The van der Waals surface area contributed by atoms with E-state index in [1.54, 1.807) is 6.07 Å². The number of para-hydroxylation sites is 2. The molecule has 0 aliphatic carbocycles. The summed E-state index contributed by atoms with van der Waals surface area (Å²) in [6, 6.07) is 46.2. The van der Waals surface area contributed by atoms with E-state index in [9.17, 15) is 5.26 Å². The summed E-state index contributed by atoms with van der Waals surface area (Å²) in [5, 5.41) is 11.8. The highest BCUT2D eigenvalue weighted by Gasteiger charge is 2.13. The van der Waals surface area contributed by atoms with Gasteiger partial charge in [0.2, 0.25) is 0 Å². The molecule has 0 atom stereocenters. The zero-order valence-electron chi connectivity index (χ0n) is 23.3. The Morgan fingerprint density at radius 1 is 0.643 bits per heavy atom. The predicted molar refractivity (Wildman–Crippen MR) is 174 cm³/mol. The average Bonchev–Trinajstić information content (AvgIpc) is 3.43. The summed E-state index contributed by atoms with van der Waals surface area (Å²) < 4.78 is 2.27. The van der Waals surface area contributed by atoms with Gasteiger partial charge in [-0.3, -0.25) is 0 Å². The van der Waals surface area contributed by atoms with Crippen LogP contribution in [0.1, 0.15) is 12.5 Å². The number of rotatable bonds is 5. The van der Waals surface area contributed by atoms with E-state index in [-0.39, 0.29) is 0 Å². The first kappa shape index (κ1) is 25.3. The second-order valence-electron chi connectivity index (χ2n) is 10.5. The van der Waals surface area contributed by atoms with Crippen molar-refractivity contribution in [3.63, 3.8) is 0 Å². The number of nitrogens with two attached hydrogens (primary N) is 1. The number of nitrogen functional groups attached to an aromatic ring is 1. The number of anilines is 1. The standard InChI is InChI=1S/C38H28N4/c1-2-42-37-10-6-5-9-36(37)41-38(42)29-17-15-28(16-18-29)33-20-19-32(34-7-3-4-8-35(33)34)27-13-11-26(12-14-27)30-21-25(24-39)22-31(40)23-30/h3-23H,2,40H2,1H3. The van der Waals surface area contributed by atoms with Gasteiger partial charge in [-0.2, -0.15) is 5.26 Å². The highest BCUT2D eigenvalue weighted by Crippen LogP contribution is 2.37. The molecule has 6 aromatic carbocycles. The third-order valence-electron chi connectivity index (χ3n) is 7.96. The topological polar surface area (TPSA) is 67.6 Å². The van der Waals surface area contributed by atoms with Gasteiger partial charge >= 0.3 is 0 Å². The Balaban J connectivity index is 1.25. The zero-order chi connectivity index (χ0) is 28.6. The molecule has 200 valence electrons. The third-order valence-corrected chi connectivity index (χ3v) is 7.96. The Morgan fingerprint density at radius 3 is 1.83 bits per heavy atom. The maximum absolute atomic E-state index is 9.34. The van der Waals surface area contributed by atoms with E-state index in [0.29, 0.717) is 11.3 Å². The first-order chi connectivity index (χ1) is 20.6. The van der Waals surface area contributed by atoms with E-state index in [0.717, 1.165) is 45.7 Å². The fourth-order valence-corrected chi connectivity index (χ4v) is 5.94. The van der Waals surface area contributed by atoms with Gasteiger partial charge in [-0.05, 0) is 81.4 Å². The Hall–Kier alpha value is -5.66. The maximum Gasteiger partial charge on any atom is 0.141 e. The lowest BCUT2D eigenvalue weighted by Gasteiger charge is -2.13. The van der Waals surface area contributed by atoms with Crippen LogP contribution in [-0.4, -0.2) is 9.55 Å². The molecule has 0 aliphatic heterocycles. The minimum absolute atomic E-state index is 0.563. The van der Waals surface area contributed by atoms with Gasteiger partial charge < -0.3 is 10.3 Å². The van der Waals surface area contributed by atoms with Crippen LogP contribution in [0.25, 0.3) is 66.6 Å². The van der Waals surface area contributed by atoms with Gasteiger partial charge in [0.05, 0.1) is 22.7 Å². The van der Waals surface area contributed by atoms with Crippen LogP contribution in [-0.2, 0) is 6.54 Å². The number of aromatic nitrogens is 2. The fourth-order valence-electron chi connectivity index (χ4n) is 5.94. The average molecular weight is 541 g/mol. The lowest BCUT2D eigenvalue weighted by Crippen LogP contribution is -1.97. The number of nitriles is 1. The molecule has 0 aliphatic rings. The molecule has 4 heteroatoms. The smallest absolute Gasteiger partial charge is 0.141 e. The van der Waals surface area contributed by atoms with Crippen LogP contribution in [0.2, 0.25) is 0 Å². The lowest BCUT2D eigenvalue weighted by molar-refractivity contribution is 0.796. The fraction of sp³-hybridized carbons (Fsp3) is 0.0526. The van der Waals surface area contributed by atoms with Crippen LogP contribution in [0.4, 0.5) is 5.69 Å². The summed E-state index contributed by atoms with van der Waals surface area (Å²) in [4.78, 5) is 4.93. The number of benzene rings is 6.